The van der Waals surface area contributed by atoms with Crippen molar-refractivity contribution in [3.63, 3.8) is 0 Å². The van der Waals surface area contributed by atoms with E-state index < -0.39 is 0 Å². The Morgan fingerprint density at radius 2 is 1.79 bits per heavy atom. The third kappa shape index (κ3) is 4.26. The van der Waals surface area contributed by atoms with E-state index in [-0.39, 0.29) is 10.8 Å². The van der Waals surface area contributed by atoms with Crippen LogP contribution in [0.15, 0.2) is 30.3 Å². The second-order valence-corrected chi connectivity index (χ2v) is 11.1. The predicted molar refractivity (Wildman–Crippen MR) is 120 cm³/mol. The van der Waals surface area contributed by atoms with Crippen LogP contribution in [0.4, 0.5) is 0 Å². The highest BCUT2D eigenvalue weighted by Crippen LogP contribution is 2.62. The first-order chi connectivity index (χ1) is 13.9. The Balaban J connectivity index is 1.62. The quantitative estimate of drug-likeness (QED) is 0.718. The number of amides is 1. The minimum absolute atomic E-state index is 0.145. The average molecular weight is 397 g/mol. The zero-order chi connectivity index (χ0) is 20.5. The number of fused-ring (bicyclic) bond motifs is 2. The lowest BCUT2D eigenvalue weighted by atomic mass is 9.46. The number of carbonyl (C=O) groups is 1. The van der Waals surface area contributed by atoms with E-state index in [0.717, 1.165) is 38.8 Å². The first-order valence-electron chi connectivity index (χ1n) is 11.9. The molecule has 2 bridgehead atoms. The van der Waals surface area contributed by atoms with Gasteiger partial charge in [0.2, 0.25) is 5.91 Å². The summed E-state index contributed by atoms with van der Waals surface area (Å²) < 4.78 is 0. The molecular formula is C26H40N2O. The molecular weight excluding hydrogens is 356 g/mol. The smallest absolute Gasteiger partial charge is 0.226 e. The van der Waals surface area contributed by atoms with Gasteiger partial charge in [0.05, 0.1) is 0 Å². The summed E-state index contributed by atoms with van der Waals surface area (Å²) in [5, 5.41) is 6.86. The number of hydrogen-bond donors (Lipinski definition) is 2. The molecule has 2 N–H and O–H groups in total. The second kappa shape index (κ2) is 8.06. The first-order valence-corrected chi connectivity index (χ1v) is 11.9. The van der Waals surface area contributed by atoms with Gasteiger partial charge in [-0.1, -0.05) is 57.5 Å². The molecule has 2 saturated carbocycles. The van der Waals surface area contributed by atoms with Crippen molar-refractivity contribution in [2.24, 2.45) is 16.7 Å². The summed E-state index contributed by atoms with van der Waals surface area (Å²) in [5.41, 5.74) is 1.76. The fourth-order valence-electron chi connectivity index (χ4n) is 7.42. The third-order valence-corrected chi connectivity index (χ3v) is 8.16. The van der Waals surface area contributed by atoms with E-state index in [1.165, 1.54) is 37.7 Å². The van der Waals surface area contributed by atoms with Crippen molar-refractivity contribution in [3.05, 3.63) is 35.9 Å². The minimum atomic E-state index is -0.253. The Labute approximate surface area is 177 Å². The number of nitrogens with one attached hydrogen (secondary N) is 2. The van der Waals surface area contributed by atoms with Gasteiger partial charge < -0.3 is 10.6 Å². The summed E-state index contributed by atoms with van der Waals surface area (Å²) in [6, 6.07) is 11.5. The highest BCUT2D eigenvalue weighted by atomic mass is 16.2. The van der Waals surface area contributed by atoms with Crippen LogP contribution in [0.3, 0.4) is 0 Å². The summed E-state index contributed by atoms with van der Waals surface area (Å²) in [4.78, 5) is 13.5. The van der Waals surface area contributed by atoms with Crippen LogP contribution in [0.2, 0.25) is 0 Å². The molecule has 3 fully saturated rings. The zero-order valence-electron chi connectivity index (χ0n) is 18.7. The van der Waals surface area contributed by atoms with Crippen molar-refractivity contribution in [3.8, 4) is 0 Å². The maximum absolute atomic E-state index is 13.5. The van der Waals surface area contributed by atoms with Crippen LogP contribution in [0.25, 0.3) is 0 Å². The highest BCUT2D eigenvalue weighted by Gasteiger charge is 2.56. The van der Waals surface area contributed by atoms with Crippen molar-refractivity contribution in [1.29, 1.82) is 0 Å². The van der Waals surface area contributed by atoms with Gasteiger partial charge in [0.15, 0.2) is 0 Å². The molecule has 2 aliphatic carbocycles. The molecule has 3 nitrogen and oxygen atoms in total. The lowest BCUT2D eigenvalue weighted by Gasteiger charge is -2.58. The predicted octanol–water partition coefficient (Wildman–Crippen LogP) is 5.20. The summed E-state index contributed by atoms with van der Waals surface area (Å²) in [6.07, 6.45) is 10.5. The number of piperidine rings is 1. The molecule has 3 unspecified atom stereocenters. The van der Waals surface area contributed by atoms with Gasteiger partial charge in [-0.05, 0) is 86.8 Å². The van der Waals surface area contributed by atoms with Gasteiger partial charge in [-0.3, -0.25) is 4.79 Å². The van der Waals surface area contributed by atoms with Crippen LogP contribution in [-0.2, 0) is 10.2 Å². The summed E-state index contributed by atoms with van der Waals surface area (Å²) in [7, 11) is 0. The lowest BCUT2D eigenvalue weighted by molar-refractivity contribution is -0.139. The molecule has 1 aliphatic heterocycles. The molecule has 4 rings (SSSR count). The molecule has 1 saturated heterocycles. The summed E-state index contributed by atoms with van der Waals surface area (Å²) in [5.74, 6) is 0.964. The van der Waals surface area contributed by atoms with Gasteiger partial charge in [0, 0.05) is 11.5 Å². The molecule has 3 heteroatoms. The average Bonchev–Trinajstić information content (AvgIpc) is 2.68. The van der Waals surface area contributed by atoms with Crippen LogP contribution in [0.5, 0.6) is 0 Å². The SMILES string of the molecule is CCC[C@@]1(C)CC2CC(C)(C(=O)NC3CCNCC3)CC(c3ccccc3)(C2)C1. The van der Waals surface area contributed by atoms with Gasteiger partial charge in [-0.2, -0.15) is 0 Å². The van der Waals surface area contributed by atoms with E-state index in [4.69, 9.17) is 0 Å². The van der Waals surface area contributed by atoms with Crippen LogP contribution < -0.4 is 10.6 Å². The zero-order valence-corrected chi connectivity index (χ0v) is 18.7. The van der Waals surface area contributed by atoms with Gasteiger partial charge >= 0.3 is 0 Å². The second-order valence-electron chi connectivity index (χ2n) is 11.1. The molecule has 0 radical (unpaired) electrons. The third-order valence-electron chi connectivity index (χ3n) is 8.16. The van der Waals surface area contributed by atoms with Gasteiger partial charge in [-0.25, -0.2) is 0 Å². The van der Waals surface area contributed by atoms with Gasteiger partial charge in [0.1, 0.15) is 0 Å². The van der Waals surface area contributed by atoms with Crippen LogP contribution >= 0.6 is 0 Å². The van der Waals surface area contributed by atoms with E-state index in [1.807, 2.05) is 0 Å². The standard InChI is InChI=1S/C26H40N2O/c1-4-12-24(2)15-20-16-25(3,23(29)28-22-10-13-27-14-11-22)19-26(17-20,18-24)21-8-6-5-7-9-21/h5-9,20,22,27H,4,10-19H2,1-3H3,(H,28,29)/t20?,24-,25?,26?/m0/s1. The lowest BCUT2D eigenvalue weighted by Crippen LogP contribution is -2.56. The van der Waals surface area contributed by atoms with Crippen molar-refractivity contribution >= 4 is 5.91 Å². The largest absolute Gasteiger partial charge is 0.353 e. The van der Waals surface area contributed by atoms with Crippen LogP contribution in [0.1, 0.15) is 84.1 Å². The van der Waals surface area contributed by atoms with Crippen molar-refractivity contribution in [2.75, 3.05) is 13.1 Å². The van der Waals surface area contributed by atoms with Crippen molar-refractivity contribution in [1.82, 2.24) is 10.6 Å². The Kier molecular flexibility index (Phi) is 5.81. The van der Waals surface area contributed by atoms with Crippen molar-refractivity contribution in [2.45, 2.75) is 90.0 Å². The number of carbonyl (C=O) groups excluding carboxylic acids is 1. The molecule has 160 valence electrons. The molecule has 3 aliphatic rings. The molecule has 1 aromatic carbocycles. The Morgan fingerprint density at radius 3 is 2.48 bits per heavy atom. The topological polar surface area (TPSA) is 41.1 Å². The fraction of sp³-hybridized carbons (Fsp3) is 0.731. The first kappa shape index (κ1) is 20.9. The van der Waals surface area contributed by atoms with Crippen molar-refractivity contribution < 1.29 is 4.79 Å². The van der Waals surface area contributed by atoms with E-state index in [2.05, 4.69) is 61.7 Å². The fourth-order valence-corrected chi connectivity index (χ4v) is 7.42. The van der Waals surface area contributed by atoms with Gasteiger partial charge in [0.25, 0.3) is 0 Å². The summed E-state index contributed by atoms with van der Waals surface area (Å²) >= 11 is 0. The summed E-state index contributed by atoms with van der Waals surface area (Å²) in [6.45, 7) is 9.14. The Hall–Kier alpha value is -1.35. The monoisotopic (exact) mass is 396 g/mol. The maximum Gasteiger partial charge on any atom is 0.226 e. The van der Waals surface area contributed by atoms with E-state index in [0.29, 0.717) is 23.3 Å². The molecule has 0 spiro atoms. The normalized spacial score (nSPS) is 37.8. The number of benzene rings is 1. The van der Waals surface area contributed by atoms with Crippen LogP contribution in [-0.4, -0.2) is 25.0 Å². The van der Waals surface area contributed by atoms with E-state index in [9.17, 15) is 4.79 Å². The molecule has 1 aromatic rings. The molecule has 29 heavy (non-hydrogen) atoms. The van der Waals surface area contributed by atoms with E-state index >= 15 is 0 Å². The molecule has 4 atom stereocenters. The molecule has 1 heterocycles. The Morgan fingerprint density at radius 1 is 1.07 bits per heavy atom. The number of rotatable bonds is 5. The minimum Gasteiger partial charge on any atom is -0.353 e. The molecule has 0 aromatic heterocycles. The maximum atomic E-state index is 13.5. The Bertz CT molecular complexity index is 713. The van der Waals surface area contributed by atoms with Crippen LogP contribution in [0, 0.1) is 16.7 Å². The highest BCUT2D eigenvalue weighted by molar-refractivity contribution is 5.83. The van der Waals surface area contributed by atoms with E-state index in [1.54, 1.807) is 0 Å². The molecule has 1 amide bonds. The number of hydrogen-bond acceptors (Lipinski definition) is 2. The van der Waals surface area contributed by atoms with Gasteiger partial charge in [-0.15, -0.1) is 0 Å².